The summed E-state index contributed by atoms with van der Waals surface area (Å²) in [5, 5.41) is 2.27. The zero-order valence-corrected chi connectivity index (χ0v) is 9.28. The lowest BCUT2D eigenvalue weighted by atomic mass is 10.3. The van der Waals surface area contributed by atoms with E-state index in [4.69, 9.17) is 12.2 Å². The largest absolute Gasteiger partial charge is 0.450 e. The highest BCUT2D eigenvalue weighted by Crippen LogP contribution is 2.23. The molecule has 15 heavy (non-hydrogen) atoms. The van der Waals surface area contributed by atoms with Crippen LogP contribution < -0.4 is 5.32 Å². The maximum Gasteiger partial charge on any atom is 0.407 e. The van der Waals surface area contributed by atoms with Crippen LogP contribution in [0.25, 0.3) is 0 Å². The summed E-state index contributed by atoms with van der Waals surface area (Å²) in [6.45, 7) is 4.55. The minimum absolute atomic E-state index is 0.233. The first-order valence-electron chi connectivity index (χ1n) is 6.10. The quantitative estimate of drug-likeness (QED) is 0.773. The van der Waals surface area contributed by atoms with Gasteiger partial charge in [-0.15, -0.1) is 0 Å². The highest BCUT2D eigenvalue weighted by Gasteiger charge is 2.32. The van der Waals surface area contributed by atoms with Gasteiger partial charge in [-0.3, -0.25) is 0 Å². The van der Waals surface area contributed by atoms with Crippen molar-refractivity contribution in [2.75, 3.05) is 19.7 Å². The Morgan fingerprint density at radius 2 is 2.47 bits per heavy atom. The van der Waals surface area contributed by atoms with Crippen LogP contribution in [0, 0.1) is 0 Å². The summed E-state index contributed by atoms with van der Waals surface area (Å²) >= 11 is 0. The third kappa shape index (κ3) is 4.48. The predicted molar refractivity (Wildman–Crippen MR) is 54.5 cm³/mol. The number of ether oxygens (including phenoxy) is 3. The summed E-state index contributed by atoms with van der Waals surface area (Å²) in [5.41, 5.74) is 0. The van der Waals surface area contributed by atoms with E-state index in [0.717, 1.165) is 0 Å². The third-order valence-corrected chi connectivity index (χ3v) is 1.82. The topological polar surface area (TPSA) is 56.8 Å². The Balaban J connectivity index is 2.42. The lowest BCUT2D eigenvalue weighted by Gasteiger charge is -2.17. The SMILES string of the molecule is [2H][C@@H]([C@@H]([2H])NC(=O)OCC)[C@H]1COC(C)(C)O1. The molecule has 1 amide bonds. The molecule has 0 aliphatic carbocycles. The van der Waals surface area contributed by atoms with E-state index in [1.54, 1.807) is 20.8 Å². The van der Waals surface area contributed by atoms with Gasteiger partial charge in [0.2, 0.25) is 0 Å². The molecule has 1 saturated heterocycles. The van der Waals surface area contributed by atoms with Crippen molar-refractivity contribution in [3.8, 4) is 0 Å². The van der Waals surface area contributed by atoms with Gasteiger partial charge < -0.3 is 19.5 Å². The molecular formula is C10H19NO4. The van der Waals surface area contributed by atoms with Crippen molar-refractivity contribution in [1.29, 1.82) is 0 Å². The number of nitrogens with one attached hydrogen (secondary N) is 1. The van der Waals surface area contributed by atoms with E-state index < -0.39 is 30.9 Å². The van der Waals surface area contributed by atoms with Gasteiger partial charge in [-0.05, 0) is 27.2 Å². The van der Waals surface area contributed by atoms with Gasteiger partial charge in [0, 0.05) is 9.26 Å². The molecule has 3 atom stereocenters. The first kappa shape index (κ1) is 9.42. The maximum atomic E-state index is 11.1. The Bertz CT molecular complexity index is 275. The number of hydrogen-bond donors (Lipinski definition) is 1. The van der Waals surface area contributed by atoms with E-state index in [0.29, 0.717) is 0 Å². The maximum absolute atomic E-state index is 11.1. The molecule has 0 aromatic heterocycles. The molecule has 88 valence electrons. The first-order valence-corrected chi connectivity index (χ1v) is 4.95. The molecule has 1 N–H and O–H groups in total. The van der Waals surface area contributed by atoms with Crippen LogP contribution >= 0.6 is 0 Å². The van der Waals surface area contributed by atoms with E-state index in [2.05, 4.69) is 10.1 Å². The van der Waals surface area contributed by atoms with E-state index in [-0.39, 0.29) is 13.2 Å². The van der Waals surface area contributed by atoms with Crippen molar-refractivity contribution in [3.63, 3.8) is 0 Å². The predicted octanol–water partition coefficient (Wildman–Crippen LogP) is 1.27. The van der Waals surface area contributed by atoms with Gasteiger partial charge >= 0.3 is 6.09 Å². The Labute approximate surface area is 92.9 Å². The summed E-state index contributed by atoms with van der Waals surface area (Å²) in [5.74, 6) is -0.729. The lowest BCUT2D eigenvalue weighted by Crippen LogP contribution is -2.29. The average Bonchev–Trinajstić information content (AvgIpc) is 2.58. The van der Waals surface area contributed by atoms with Gasteiger partial charge in [-0.2, -0.15) is 0 Å². The monoisotopic (exact) mass is 219 g/mol. The summed E-state index contributed by atoms with van der Waals surface area (Å²) in [7, 11) is 0. The molecule has 5 nitrogen and oxygen atoms in total. The normalized spacial score (nSPS) is 29.9. The molecule has 0 unspecified atom stereocenters. The van der Waals surface area contributed by atoms with Crippen molar-refractivity contribution < 1.29 is 21.7 Å². The molecule has 0 bridgehead atoms. The van der Waals surface area contributed by atoms with Crippen molar-refractivity contribution in [1.82, 2.24) is 5.32 Å². The van der Waals surface area contributed by atoms with Crippen molar-refractivity contribution in [3.05, 3.63) is 0 Å². The van der Waals surface area contributed by atoms with Gasteiger partial charge in [0.25, 0.3) is 0 Å². The Morgan fingerprint density at radius 3 is 3.00 bits per heavy atom. The fourth-order valence-electron chi connectivity index (χ4n) is 1.21. The highest BCUT2D eigenvalue weighted by atomic mass is 16.7. The molecule has 1 aliphatic heterocycles. The smallest absolute Gasteiger partial charge is 0.407 e. The number of carbonyl (C=O) groups excluding carboxylic acids is 1. The Kier molecular flexibility index (Phi) is 3.34. The first-order chi connectivity index (χ1) is 7.85. The third-order valence-electron chi connectivity index (χ3n) is 1.82. The van der Waals surface area contributed by atoms with Crippen LogP contribution in [0.1, 0.15) is 29.9 Å². The molecule has 0 saturated carbocycles. The molecular weight excluding hydrogens is 198 g/mol. The van der Waals surface area contributed by atoms with Gasteiger partial charge in [-0.1, -0.05) is 0 Å². The molecule has 0 aromatic carbocycles. The lowest BCUT2D eigenvalue weighted by molar-refractivity contribution is -0.138. The van der Waals surface area contributed by atoms with Crippen LogP contribution in [-0.4, -0.2) is 37.7 Å². The van der Waals surface area contributed by atoms with Crippen LogP contribution in [0.3, 0.4) is 0 Å². The molecule has 5 heteroatoms. The standard InChI is InChI=1S/C10H19NO4/c1-4-13-9(12)11-6-5-8-7-14-10(2,3)15-8/h8H,4-7H2,1-3H3,(H,11,12)/t8-/m0/s1/i5D,6D/t5-,6+,8-. The van der Waals surface area contributed by atoms with Crippen LogP contribution in [0.5, 0.6) is 0 Å². The molecule has 1 fully saturated rings. The van der Waals surface area contributed by atoms with Crippen molar-refractivity contribution >= 4 is 6.09 Å². The van der Waals surface area contributed by atoms with Crippen molar-refractivity contribution in [2.45, 2.75) is 39.1 Å². The summed E-state index contributed by atoms with van der Waals surface area (Å²) < 4.78 is 30.9. The van der Waals surface area contributed by atoms with Gasteiger partial charge in [-0.25, -0.2) is 4.79 Å². The minimum Gasteiger partial charge on any atom is -0.450 e. The number of carbonyl (C=O) groups is 1. The minimum atomic E-state index is -1.10. The summed E-state index contributed by atoms with van der Waals surface area (Å²) in [4.78, 5) is 11.1. The van der Waals surface area contributed by atoms with E-state index >= 15 is 0 Å². The molecule has 1 rings (SSSR count). The second-order valence-electron chi connectivity index (χ2n) is 3.59. The fourth-order valence-corrected chi connectivity index (χ4v) is 1.21. The number of alkyl carbamates (subject to hydrolysis) is 1. The van der Waals surface area contributed by atoms with Crippen LogP contribution in [0.4, 0.5) is 4.79 Å². The second kappa shape index (κ2) is 5.32. The average molecular weight is 219 g/mol. The number of hydrogen-bond acceptors (Lipinski definition) is 4. The van der Waals surface area contributed by atoms with E-state index in [9.17, 15) is 4.79 Å². The number of rotatable bonds is 4. The molecule has 0 aromatic rings. The zero-order chi connectivity index (χ0) is 13.1. The van der Waals surface area contributed by atoms with Crippen LogP contribution in [0.15, 0.2) is 0 Å². The fraction of sp³-hybridized carbons (Fsp3) is 0.900. The van der Waals surface area contributed by atoms with Gasteiger partial charge in [0.05, 0.1) is 19.3 Å². The highest BCUT2D eigenvalue weighted by molar-refractivity contribution is 5.66. The van der Waals surface area contributed by atoms with Gasteiger partial charge in [0.15, 0.2) is 5.79 Å². The Hall–Kier alpha value is -0.810. The van der Waals surface area contributed by atoms with E-state index in [1.807, 2.05) is 0 Å². The Morgan fingerprint density at radius 1 is 1.73 bits per heavy atom. The summed E-state index contributed by atoms with van der Waals surface area (Å²) in [6, 6.07) is 0. The molecule has 0 spiro atoms. The molecule has 1 aliphatic rings. The molecule has 0 radical (unpaired) electrons. The number of amides is 1. The van der Waals surface area contributed by atoms with Crippen LogP contribution in [0.2, 0.25) is 0 Å². The van der Waals surface area contributed by atoms with Crippen molar-refractivity contribution in [2.24, 2.45) is 0 Å². The van der Waals surface area contributed by atoms with E-state index in [1.165, 1.54) is 0 Å². The van der Waals surface area contributed by atoms with Gasteiger partial charge in [0.1, 0.15) is 0 Å². The second-order valence-corrected chi connectivity index (χ2v) is 3.59. The summed E-state index contributed by atoms with van der Waals surface area (Å²) in [6.07, 6.45) is -2.13. The zero-order valence-electron chi connectivity index (χ0n) is 11.3. The van der Waals surface area contributed by atoms with Crippen LogP contribution in [-0.2, 0) is 14.2 Å². The molecule has 1 heterocycles.